The molecule has 0 saturated carbocycles. The first-order valence-electron chi connectivity index (χ1n) is 5.98. The fourth-order valence-corrected chi connectivity index (χ4v) is 2.74. The number of hydrogen-bond donors (Lipinski definition) is 2. The second-order valence-corrected chi connectivity index (χ2v) is 5.51. The van der Waals surface area contributed by atoms with Gasteiger partial charge in [-0.25, -0.2) is 4.79 Å². The van der Waals surface area contributed by atoms with E-state index in [4.69, 9.17) is 9.29 Å². The summed E-state index contributed by atoms with van der Waals surface area (Å²) in [5.74, 6) is -0.473. The minimum Gasteiger partial charge on any atom is -1.00 e. The van der Waals surface area contributed by atoms with Crippen molar-refractivity contribution in [2.75, 3.05) is 27.3 Å². The minimum absolute atomic E-state index is 0. The van der Waals surface area contributed by atoms with Crippen LogP contribution in [0.1, 0.15) is 1.43 Å². The maximum Gasteiger partial charge on any atom is 1.00 e. The van der Waals surface area contributed by atoms with Crippen molar-refractivity contribution < 1.29 is 62.6 Å². The third kappa shape index (κ3) is 3.79. The molecule has 10 nitrogen and oxygen atoms in total. The number of methoxy groups -OCH3 is 1. The van der Waals surface area contributed by atoms with Gasteiger partial charge in [0.1, 0.15) is 6.04 Å². The molecule has 3 amide bonds. The van der Waals surface area contributed by atoms with Crippen LogP contribution in [0, 0.1) is 0 Å². The van der Waals surface area contributed by atoms with E-state index >= 15 is 0 Å². The summed E-state index contributed by atoms with van der Waals surface area (Å²) < 4.78 is 39.7. The van der Waals surface area contributed by atoms with Crippen molar-refractivity contribution in [3.8, 4) is 0 Å². The van der Waals surface area contributed by atoms with Gasteiger partial charge in [-0.15, -0.1) is 4.28 Å². The van der Waals surface area contributed by atoms with Gasteiger partial charge in [-0.1, -0.05) is 0 Å². The summed E-state index contributed by atoms with van der Waals surface area (Å²) in [4.78, 5) is 25.3. The number of amides is 3. The number of carbonyl (C=O) groups excluding carboxylic acids is 2. The SMILES string of the molecule is CNC(=O)C1=CC(COC)N2CC1N(OS(=O)(=O)O)C2=O.[H-].[Na+]. The van der Waals surface area contributed by atoms with Gasteiger partial charge >= 0.3 is 46.0 Å². The molecule has 0 radical (unpaired) electrons. The average molecular weight is 345 g/mol. The Hall–Kier alpha value is -0.690. The molecule has 0 spiro atoms. The molecule has 2 aliphatic rings. The van der Waals surface area contributed by atoms with Crippen molar-refractivity contribution in [2.45, 2.75) is 12.1 Å². The molecule has 0 aromatic heterocycles. The smallest absolute Gasteiger partial charge is 1.00 e. The van der Waals surface area contributed by atoms with E-state index in [2.05, 4.69) is 9.60 Å². The largest absolute Gasteiger partial charge is 1.00 e. The zero-order valence-electron chi connectivity index (χ0n) is 13.3. The number of rotatable bonds is 5. The standard InChI is InChI=1S/C10H15N3O7S.Na.H/c1-11-9(14)7-3-6(5-19-2)12-4-8(7)13(10(12)15)20-21(16,17)18;;/h3,6,8H,4-5H2,1-2H3,(H,11,14)(H,16,17,18);;/q;+1;-1. The van der Waals surface area contributed by atoms with Gasteiger partial charge in [0.15, 0.2) is 0 Å². The fourth-order valence-electron chi connectivity index (χ4n) is 2.37. The van der Waals surface area contributed by atoms with E-state index in [1.807, 2.05) is 0 Å². The molecule has 2 bridgehead atoms. The van der Waals surface area contributed by atoms with Crippen molar-refractivity contribution in [3.05, 3.63) is 11.6 Å². The van der Waals surface area contributed by atoms with Crippen LogP contribution in [0.2, 0.25) is 0 Å². The number of hydrogen-bond acceptors (Lipinski definition) is 6. The molecule has 2 rings (SSSR count). The first-order chi connectivity index (χ1) is 9.78. The summed E-state index contributed by atoms with van der Waals surface area (Å²) in [7, 11) is -2.03. The van der Waals surface area contributed by atoms with Crippen LogP contribution in [0.5, 0.6) is 0 Å². The summed E-state index contributed by atoms with van der Waals surface area (Å²) >= 11 is 0. The number of urea groups is 1. The Balaban J connectivity index is 0.00000242. The maximum atomic E-state index is 12.1. The van der Waals surface area contributed by atoms with Crippen molar-refractivity contribution >= 4 is 22.3 Å². The Bertz CT molecular complexity index is 599. The Kier molecular flexibility index (Phi) is 6.38. The zero-order chi connectivity index (χ0) is 15.8. The Morgan fingerprint density at radius 2 is 2.23 bits per heavy atom. The van der Waals surface area contributed by atoms with Crippen LogP contribution in [-0.4, -0.2) is 74.3 Å². The van der Waals surface area contributed by atoms with E-state index in [0.29, 0.717) is 5.06 Å². The van der Waals surface area contributed by atoms with Gasteiger partial charge in [0.25, 0.3) is 0 Å². The van der Waals surface area contributed by atoms with E-state index < -0.39 is 34.4 Å². The number of fused-ring (bicyclic) bond motifs is 2. The number of carbonyl (C=O) groups is 2. The predicted molar refractivity (Wildman–Crippen MR) is 69.3 cm³/mol. The molecule has 2 atom stereocenters. The Morgan fingerprint density at radius 1 is 1.59 bits per heavy atom. The quantitative estimate of drug-likeness (QED) is 0.381. The van der Waals surface area contributed by atoms with Crippen LogP contribution in [0.15, 0.2) is 11.6 Å². The first-order valence-corrected chi connectivity index (χ1v) is 7.34. The van der Waals surface area contributed by atoms with Crippen LogP contribution in [0.4, 0.5) is 4.79 Å². The van der Waals surface area contributed by atoms with E-state index in [0.717, 1.165) is 0 Å². The molecule has 2 unspecified atom stereocenters. The molecular weight excluding hydrogens is 329 g/mol. The third-order valence-electron chi connectivity index (χ3n) is 3.22. The van der Waals surface area contributed by atoms with Gasteiger partial charge in [0.2, 0.25) is 5.91 Å². The first kappa shape index (κ1) is 19.4. The van der Waals surface area contributed by atoms with Crippen LogP contribution in [0.25, 0.3) is 0 Å². The Labute approximate surface area is 151 Å². The van der Waals surface area contributed by atoms with Crippen molar-refractivity contribution in [1.82, 2.24) is 15.3 Å². The minimum atomic E-state index is -4.88. The van der Waals surface area contributed by atoms with Gasteiger partial charge in [0, 0.05) is 19.7 Å². The van der Waals surface area contributed by atoms with Crippen molar-refractivity contribution in [1.29, 1.82) is 0 Å². The number of hydroxylamine groups is 2. The Morgan fingerprint density at radius 3 is 2.73 bits per heavy atom. The molecule has 12 heteroatoms. The normalized spacial score (nSPS) is 24.0. The molecule has 120 valence electrons. The molecule has 0 aromatic carbocycles. The third-order valence-corrected chi connectivity index (χ3v) is 3.57. The van der Waals surface area contributed by atoms with Crippen LogP contribution < -0.4 is 34.9 Å². The number of ether oxygens (including phenoxy) is 1. The van der Waals surface area contributed by atoms with Crippen LogP contribution >= 0.6 is 0 Å². The van der Waals surface area contributed by atoms with Crippen LogP contribution in [-0.2, 0) is 24.2 Å². The average Bonchev–Trinajstić information content (AvgIpc) is 2.66. The molecule has 0 aromatic rings. The van der Waals surface area contributed by atoms with Gasteiger partial charge in [-0.2, -0.15) is 13.5 Å². The number of likely N-dealkylation sites (N-methyl/N-ethyl adjacent to an activating group) is 1. The molecule has 22 heavy (non-hydrogen) atoms. The van der Waals surface area contributed by atoms with Gasteiger partial charge in [0.05, 0.1) is 19.2 Å². The molecule has 1 saturated heterocycles. The second-order valence-electron chi connectivity index (χ2n) is 4.50. The molecule has 2 aliphatic heterocycles. The van der Waals surface area contributed by atoms with Crippen molar-refractivity contribution in [3.63, 3.8) is 0 Å². The molecule has 0 aliphatic carbocycles. The number of nitrogens with one attached hydrogen (secondary N) is 1. The van der Waals surface area contributed by atoms with E-state index in [9.17, 15) is 18.0 Å². The summed E-state index contributed by atoms with van der Waals surface area (Å²) in [6.45, 7) is 0.195. The van der Waals surface area contributed by atoms with E-state index in [1.165, 1.54) is 25.1 Å². The zero-order valence-corrected chi connectivity index (χ0v) is 15.2. The fraction of sp³-hybridized carbons (Fsp3) is 0.600. The molecule has 2 heterocycles. The van der Waals surface area contributed by atoms with E-state index in [1.54, 1.807) is 0 Å². The topological polar surface area (TPSA) is 125 Å². The van der Waals surface area contributed by atoms with E-state index in [-0.39, 0.29) is 49.7 Å². The van der Waals surface area contributed by atoms with Gasteiger partial charge < -0.3 is 16.4 Å². The molecule has 1 fully saturated rings. The summed E-state index contributed by atoms with van der Waals surface area (Å²) in [5.41, 5.74) is 0.172. The maximum absolute atomic E-state index is 12.1. The number of nitrogens with zero attached hydrogens (tertiary/aromatic N) is 2. The molecular formula is C10H16N3NaO7S. The van der Waals surface area contributed by atoms with Gasteiger partial charge in [-0.05, 0) is 6.08 Å². The van der Waals surface area contributed by atoms with Crippen LogP contribution in [0.3, 0.4) is 0 Å². The second kappa shape index (κ2) is 7.25. The summed E-state index contributed by atoms with van der Waals surface area (Å²) in [6.07, 6.45) is 1.52. The van der Waals surface area contributed by atoms with Crippen molar-refractivity contribution in [2.24, 2.45) is 0 Å². The molecule has 2 N–H and O–H groups in total. The summed E-state index contributed by atoms with van der Waals surface area (Å²) in [6, 6.07) is -2.22. The monoisotopic (exact) mass is 345 g/mol. The van der Waals surface area contributed by atoms with Gasteiger partial charge in [-0.3, -0.25) is 9.35 Å². The summed E-state index contributed by atoms with van der Waals surface area (Å²) in [5, 5.41) is 2.88. The predicted octanol–water partition coefficient (Wildman–Crippen LogP) is -4.36.